The third kappa shape index (κ3) is 5.11. The number of nitrogens with one attached hydrogen (secondary N) is 2. The Hall–Kier alpha value is -3.74. The molecule has 3 rings (SSSR count). The first-order chi connectivity index (χ1) is 15.1. The molecule has 32 heavy (non-hydrogen) atoms. The van der Waals surface area contributed by atoms with Crippen LogP contribution in [-0.4, -0.2) is 75.2 Å². The molecular weight excluding hydrogens is 433 g/mol. The van der Waals surface area contributed by atoms with Crippen molar-refractivity contribution in [2.45, 2.75) is 12.7 Å². The van der Waals surface area contributed by atoms with Crippen molar-refractivity contribution in [3.8, 4) is 0 Å². The quantitative estimate of drug-likeness (QED) is 0.471. The van der Waals surface area contributed by atoms with Crippen LogP contribution in [0.25, 0.3) is 0 Å². The molecule has 1 saturated heterocycles. The summed E-state index contributed by atoms with van der Waals surface area (Å²) in [5.74, 6) is -1.81. The first-order valence-corrected chi connectivity index (χ1v) is 9.35. The second-order valence-electron chi connectivity index (χ2n) is 6.93. The zero-order chi connectivity index (χ0) is 23.5. The van der Waals surface area contributed by atoms with Crippen LogP contribution in [0.2, 0.25) is 0 Å². The number of aromatic carboxylic acids is 1. The standard InChI is InChI=1S/C19H19F3N6O4/c20-19(21,22)13-2-1-12(14(9-13)16(24)32-11-23)10-26-5-7-27(8-6-26)18(31)28-4-3-15(25-28)17(29)30/h1-4,9,11,23-24H,5-8,10H2,(H,29,30). The van der Waals surface area contributed by atoms with Gasteiger partial charge >= 0.3 is 18.2 Å². The third-order valence-electron chi connectivity index (χ3n) is 4.90. The van der Waals surface area contributed by atoms with Crippen molar-refractivity contribution in [2.75, 3.05) is 26.2 Å². The lowest BCUT2D eigenvalue weighted by Crippen LogP contribution is -2.49. The summed E-state index contributed by atoms with van der Waals surface area (Å²) < 4.78 is 44.8. The topological polar surface area (TPSA) is 136 Å². The van der Waals surface area contributed by atoms with E-state index in [9.17, 15) is 22.8 Å². The van der Waals surface area contributed by atoms with Crippen molar-refractivity contribution < 1.29 is 32.6 Å². The molecule has 0 bridgehead atoms. The molecule has 13 heteroatoms. The van der Waals surface area contributed by atoms with E-state index in [2.05, 4.69) is 9.84 Å². The number of halogens is 3. The number of carboxylic acids is 1. The lowest BCUT2D eigenvalue weighted by atomic mass is 10.0. The summed E-state index contributed by atoms with van der Waals surface area (Å²) in [4.78, 5) is 26.8. The average molecular weight is 452 g/mol. The molecule has 0 atom stereocenters. The molecule has 1 aliphatic rings. The van der Waals surface area contributed by atoms with Crippen LogP contribution in [0, 0.1) is 10.8 Å². The van der Waals surface area contributed by atoms with Gasteiger partial charge < -0.3 is 14.7 Å². The summed E-state index contributed by atoms with van der Waals surface area (Å²) in [7, 11) is 0. The minimum Gasteiger partial charge on any atom is -0.476 e. The van der Waals surface area contributed by atoms with Crippen LogP contribution in [0.5, 0.6) is 0 Å². The number of carbonyl (C=O) groups excluding carboxylic acids is 1. The average Bonchev–Trinajstić information content (AvgIpc) is 3.24. The maximum atomic E-state index is 13.1. The number of carbonyl (C=O) groups is 2. The fourth-order valence-electron chi connectivity index (χ4n) is 3.25. The highest BCUT2D eigenvalue weighted by Gasteiger charge is 2.32. The predicted octanol–water partition coefficient (Wildman–Crippen LogP) is 2.34. The highest BCUT2D eigenvalue weighted by atomic mass is 19.4. The summed E-state index contributed by atoms with van der Waals surface area (Å²) in [5.41, 5.74) is -0.825. The first-order valence-electron chi connectivity index (χ1n) is 9.35. The van der Waals surface area contributed by atoms with Crippen molar-refractivity contribution in [1.29, 1.82) is 10.8 Å². The van der Waals surface area contributed by atoms with Gasteiger partial charge in [-0.05, 0) is 23.8 Å². The molecule has 0 spiro atoms. The fraction of sp³-hybridized carbons (Fsp3) is 0.316. The molecule has 2 aromatic rings. The van der Waals surface area contributed by atoms with Gasteiger partial charge in [0.05, 0.1) is 5.56 Å². The molecule has 0 aliphatic carbocycles. The fourth-order valence-corrected chi connectivity index (χ4v) is 3.25. The molecule has 3 N–H and O–H groups in total. The summed E-state index contributed by atoms with van der Waals surface area (Å²) >= 11 is 0. The minimum absolute atomic E-state index is 0.0698. The van der Waals surface area contributed by atoms with Gasteiger partial charge in [-0.3, -0.25) is 15.7 Å². The van der Waals surface area contributed by atoms with Gasteiger partial charge in [0, 0.05) is 44.5 Å². The smallest absolute Gasteiger partial charge is 0.416 e. The number of hydrogen-bond acceptors (Lipinski definition) is 7. The Morgan fingerprint density at radius 2 is 1.88 bits per heavy atom. The maximum absolute atomic E-state index is 13.1. The van der Waals surface area contributed by atoms with Gasteiger partial charge in [0.2, 0.25) is 5.90 Å². The van der Waals surface area contributed by atoms with Crippen molar-refractivity contribution in [1.82, 2.24) is 19.6 Å². The van der Waals surface area contributed by atoms with E-state index in [0.717, 1.165) is 16.8 Å². The van der Waals surface area contributed by atoms with Gasteiger partial charge in [-0.25, -0.2) is 9.59 Å². The van der Waals surface area contributed by atoms with E-state index < -0.39 is 29.6 Å². The van der Waals surface area contributed by atoms with E-state index in [-0.39, 0.29) is 17.8 Å². The molecule has 1 aromatic carbocycles. The number of alkyl halides is 3. The highest BCUT2D eigenvalue weighted by molar-refractivity contribution is 5.96. The molecule has 0 radical (unpaired) electrons. The van der Waals surface area contributed by atoms with Crippen LogP contribution in [-0.2, 0) is 17.5 Å². The van der Waals surface area contributed by atoms with E-state index >= 15 is 0 Å². The van der Waals surface area contributed by atoms with Crippen LogP contribution in [0.4, 0.5) is 18.0 Å². The SMILES string of the molecule is N=COC(=N)c1cc(C(F)(F)F)ccc1CN1CCN(C(=O)n2ccc(C(=O)O)n2)CC1. The Balaban J connectivity index is 1.68. The second kappa shape index (κ2) is 9.18. The van der Waals surface area contributed by atoms with Gasteiger partial charge in [-0.2, -0.15) is 23.0 Å². The normalized spacial score (nSPS) is 14.8. The summed E-state index contributed by atoms with van der Waals surface area (Å²) in [6.45, 7) is 1.61. The molecule has 10 nitrogen and oxygen atoms in total. The monoisotopic (exact) mass is 452 g/mol. The first kappa shape index (κ1) is 22.9. The van der Waals surface area contributed by atoms with Gasteiger partial charge in [0.1, 0.15) is 0 Å². The largest absolute Gasteiger partial charge is 0.476 e. The van der Waals surface area contributed by atoms with Crippen LogP contribution in [0.3, 0.4) is 0 Å². The van der Waals surface area contributed by atoms with E-state index in [1.54, 1.807) is 0 Å². The number of piperazine rings is 1. The van der Waals surface area contributed by atoms with Crippen molar-refractivity contribution >= 4 is 24.3 Å². The second-order valence-corrected chi connectivity index (χ2v) is 6.93. The number of carboxylic acid groups (broad SMARTS) is 1. The van der Waals surface area contributed by atoms with Crippen LogP contribution in [0.1, 0.15) is 27.2 Å². The molecule has 1 fully saturated rings. The maximum Gasteiger partial charge on any atom is 0.416 e. The zero-order valence-corrected chi connectivity index (χ0v) is 16.6. The molecule has 1 aromatic heterocycles. The molecule has 0 unspecified atom stereocenters. The lowest BCUT2D eigenvalue weighted by Gasteiger charge is -2.34. The minimum atomic E-state index is -4.59. The molecule has 1 amide bonds. The van der Waals surface area contributed by atoms with Crippen LogP contribution in [0.15, 0.2) is 30.5 Å². The molecule has 170 valence electrons. The number of amides is 1. The summed E-state index contributed by atoms with van der Waals surface area (Å²) in [6, 6.07) is 3.75. The van der Waals surface area contributed by atoms with Crippen LogP contribution >= 0.6 is 0 Å². The van der Waals surface area contributed by atoms with Crippen LogP contribution < -0.4 is 0 Å². The molecule has 1 aliphatic heterocycles. The van der Waals surface area contributed by atoms with E-state index in [0.29, 0.717) is 38.1 Å². The lowest BCUT2D eigenvalue weighted by molar-refractivity contribution is -0.137. The molecule has 2 heterocycles. The number of ether oxygens (including phenoxy) is 1. The number of aromatic nitrogens is 2. The predicted molar refractivity (Wildman–Crippen MR) is 105 cm³/mol. The Labute approximate surface area is 179 Å². The highest BCUT2D eigenvalue weighted by Crippen LogP contribution is 2.31. The van der Waals surface area contributed by atoms with Gasteiger partial charge in [-0.15, -0.1) is 0 Å². The number of nitrogens with zero attached hydrogens (tertiary/aromatic N) is 4. The summed E-state index contributed by atoms with van der Waals surface area (Å²) in [5, 5.41) is 27.4. The van der Waals surface area contributed by atoms with Crippen molar-refractivity contribution in [3.05, 3.63) is 52.8 Å². The molecular formula is C19H19F3N6O4. The Morgan fingerprint density at radius 3 is 2.44 bits per heavy atom. The van der Waals surface area contributed by atoms with Gasteiger partial charge in [-0.1, -0.05) is 6.07 Å². The Kier molecular flexibility index (Phi) is 6.58. The van der Waals surface area contributed by atoms with Crippen molar-refractivity contribution in [2.24, 2.45) is 0 Å². The van der Waals surface area contributed by atoms with Gasteiger partial charge in [0.15, 0.2) is 12.1 Å². The third-order valence-corrected chi connectivity index (χ3v) is 4.90. The number of hydrogen-bond donors (Lipinski definition) is 3. The molecule has 0 saturated carbocycles. The zero-order valence-electron chi connectivity index (χ0n) is 16.6. The van der Waals surface area contributed by atoms with Crippen molar-refractivity contribution in [3.63, 3.8) is 0 Å². The Morgan fingerprint density at radius 1 is 1.19 bits per heavy atom. The summed E-state index contributed by atoms with van der Waals surface area (Å²) in [6.07, 6.45) is -2.85. The van der Waals surface area contributed by atoms with E-state index in [1.165, 1.54) is 23.2 Å². The van der Waals surface area contributed by atoms with E-state index in [4.69, 9.17) is 15.9 Å². The van der Waals surface area contributed by atoms with Gasteiger partial charge in [0.25, 0.3) is 0 Å². The number of rotatable bonds is 5. The van der Waals surface area contributed by atoms with E-state index in [1.807, 2.05) is 4.90 Å². The number of benzene rings is 1. The Bertz CT molecular complexity index is 1040.